The van der Waals surface area contributed by atoms with Gasteiger partial charge in [0, 0.05) is 17.8 Å². The zero-order chi connectivity index (χ0) is 19.2. The molecule has 144 valence electrons. The van der Waals surface area contributed by atoms with Crippen molar-refractivity contribution in [1.29, 1.82) is 0 Å². The number of rotatable bonds is 5. The Balaban J connectivity index is 1.73. The van der Waals surface area contributed by atoms with Crippen LogP contribution in [0, 0.1) is 6.92 Å². The highest BCUT2D eigenvalue weighted by molar-refractivity contribution is 6.32. The van der Waals surface area contributed by atoms with Crippen LogP contribution in [0.15, 0.2) is 24.3 Å². The van der Waals surface area contributed by atoms with Crippen LogP contribution in [-0.4, -0.2) is 29.0 Å². The van der Waals surface area contributed by atoms with Gasteiger partial charge < -0.3 is 15.4 Å². The fourth-order valence-electron chi connectivity index (χ4n) is 3.32. The molecular weight excluding hydrogens is 364 g/mol. The molecular formula is C20H25ClN4O2. The van der Waals surface area contributed by atoms with Gasteiger partial charge in [-0.15, -0.1) is 0 Å². The number of carbonyl (C=O) groups excluding carboxylic acids is 1. The third-order valence-electron chi connectivity index (χ3n) is 4.69. The first-order valence-electron chi connectivity index (χ1n) is 9.32. The van der Waals surface area contributed by atoms with Gasteiger partial charge in [0.1, 0.15) is 23.1 Å². The van der Waals surface area contributed by atoms with Gasteiger partial charge in [-0.05, 0) is 38.0 Å². The second kappa shape index (κ2) is 9.04. The Kier molecular flexibility index (Phi) is 6.50. The predicted molar refractivity (Wildman–Crippen MR) is 107 cm³/mol. The summed E-state index contributed by atoms with van der Waals surface area (Å²) in [4.78, 5) is 21.3. The SMILES string of the molecule is COc1ccc(Nc2cc(C(=O)NC3CCCCCC3)nc(C)n2)cc1Cl. The molecule has 1 heterocycles. The first-order chi connectivity index (χ1) is 13.0. The molecule has 1 aromatic carbocycles. The maximum absolute atomic E-state index is 12.7. The zero-order valence-electron chi connectivity index (χ0n) is 15.7. The average Bonchev–Trinajstić information content (AvgIpc) is 2.90. The summed E-state index contributed by atoms with van der Waals surface area (Å²) in [5.74, 6) is 1.54. The maximum atomic E-state index is 12.7. The first-order valence-corrected chi connectivity index (χ1v) is 9.70. The molecule has 0 saturated heterocycles. The van der Waals surface area contributed by atoms with Crippen LogP contribution in [-0.2, 0) is 0 Å². The molecule has 1 aromatic heterocycles. The van der Waals surface area contributed by atoms with E-state index in [1.165, 1.54) is 25.7 Å². The van der Waals surface area contributed by atoms with Crippen molar-refractivity contribution < 1.29 is 9.53 Å². The van der Waals surface area contributed by atoms with Crippen LogP contribution in [0.2, 0.25) is 5.02 Å². The molecule has 1 aliphatic carbocycles. The number of hydrogen-bond donors (Lipinski definition) is 2. The molecule has 0 unspecified atom stereocenters. The minimum Gasteiger partial charge on any atom is -0.495 e. The van der Waals surface area contributed by atoms with E-state index in [0.29, 0.717) is 28.1 Å². The Hall–Kier alpha value is -2.34. The summed E-state index contributed by atoms with van der Waals surface area (Å²) < 4.78 is 5.16. The smallest absolute Gasteiger partial charge is 0.270 e. The molecule has 0 bridgehead atoms. The van der Waals surface area contributed by atoms with Crippen LogP contribution in [0.25, 0.3) is 0 Å². The van der Waals surface area contributed by atoms with Crippen LogP contribution in [0.1, 0.15) is 54.8 Å². The lowest BCUT2D eigenvalue weighted by molar-refractivity contribution is 0.0928. The van der Waals surface area contributed by atoms with Crippen LogP contribution in [0.5, 0.6) is 5.75 Å². The summed E-state index contributed by atoms with van der Waals surface area (Å²) in [5.41, 5.74) is 1.13. The molecule has 2 N–H and O–H groups in total. The summed E-state index contributed by atoms with van der Waals surface area (Å²) in [5, 5.41) is 6.80. The zero-order valence-corrected chi connectivity index (χ0v) is 16.5. The summed E-state index contributed by atoms with van der Waals surface area (Å²) in [6, 6.07) is 7.26. The van der Waals surface area contributed by atoms with Gasteiger partial charge in [-0.2, -0.15) is 0 Å². The molecule has 1 amide bonds. The monoisotopic (exact) mass is 388 g/mol. The highest BCUT2D eigenvalue weighted by Crippen LogP contribution is 2.28. The first kappa shape index (κ1) is 19.4. The number of nitrogens with one attached hydrogen (secondary N) is 2. The lowest BCUT2D eigenvalue weighted by atomic mass is 10.1. The molecule has 27 heavy (non-hydrogen) atoms. The van der Waals surface area contributed by atoms with Crippen LogP contribution < -0.4 is 15.4 Å². The van der Waals surface area contributed by atoms with Crippen LogP contribution >= 0.6 is 11.6 Å². The van der Waals surface area contributed by atoms with Gasteiger partial charge in [0.05, 0.1) is 12.1 Å². The second-order valence-corrected chi connectivity index (χ2v) is 7.23. The van der Waals surface area contributed by atoms with E-state index in [1.807, 2.05) is 6.07 Å². The average molecular weight is 389 g/mol. The Labute approximate surface area is 164 Å². The number of carbonyl (C=O) groups is 1. The lowest BCUT2D eigenvalue weighted by Crippen LogP contribution is -2.35. The quantitative estimate of drug-likeness (QED) is 0.729. The minimum absolute atomic E-state index is 0.150. The van der Waals surface area contributed by atoms with Crippen LogP contribution in [0.3, 0.4) is 0 Å². The predicted octanol–water partition coefficient (Wildman–Crippen LogP) is 4.64. The minimum atomic E-state index is -0.150. The number of amides is 1. The standard InChI is InChI=1S/C20H25ClN4O2/c1-13-22-17(20(26)25-14-7-5-3-4-6-8-14)12-19(23-13)24-15-9-10-18(27-2)16(21)11-15/h9-12,14H,3-8H2,1-2H3,(H,25,26)(H,22,23,24). The molecule has 7 heteroatoms. The highest BCUT2D eigenvalue weighted by atomic mass is 35.5. The van der Waals surface area contributed by atoms with E-state index in [0.717, 1.165) is 18.5 Å². The molecule has 1 saturated carbocycles. The molecule has 1 fully saturated rings. The Morgan fingerprint density at radius 2 is 1.89 bits per heavy atom. The van der Waals surface area contributed by atoms with Gasteiger partial charge in [-0.1, -0.05) is 37.3 Å². The number of nitrogens with zero attached hydrogens (tertiary/aromatic N) is 2. The number of aromatic nitrogens is 2. The fourth-order valence-corrected chi connectivity index (χ4v) is 3.58. The van der Waals surface area contributed by atoms with Crippen molar-refractivity contribution in [2.75, 3.05) is 12.4 Å². The van der Waals surface area contributed by atoms with Gasteiger partial charge in [0.2, 0.25) is 0 Å². The molecule has 0 atom stereocenters. The van der Waals surface area contributed by atoms with Crippen molar-refractivity contribution in [2.45, 2.75) is 51.5 Å². The van der Waals surface area contributed by atoms with Crippen molar-refractivity contribution in [2.24, 2.45) is 0 Å². The largest absolute Gasteiger partial charge is 0.495 e. The van der Waals surface area contributed by atoms with E-state index in [9.17, 15) is 4.79 Å². The molecule has 0 radical (unpaired) electrons. The van der Waals surface area contributed by atoms with E-state index in [4.69, 9.17) is 16.3 Å². The number of benzene rings is 1. The Morgan fingerprint density at radius 3 is 2.56 bits per heavy atom. The van der Waals surface area contributed by atoms with Gasteiger partial charge in [0.15, 0.2) is 0 Å². The normalized spacial score (nSPS) is 15.1. The van der Waals surface area contributed by atoms with Gasteiger partial charge in [-0.3, -0.25) is 4.79 Å². The van der Waals surface area contributed by atoms with Gasteiger partial charge in [-0.25, -0.2) is 9.97 Å². The third kappa shape index (κ3) is 5.32. The van der Waals surface area contributed by atoms with Crippen molar-refractivity contribution in [3.8, 4) is 5.75 Å². The number of ether oxygens (including phenoxy) is 1. The second-order valence-electron chi connectivity index (χ2n) is 6.82. The molecule has 1 aliphatic rings. The lowest BCUT2D eigenvalue weighted by Gasteiger charge is -2.16. The number of hydrogen-bond acceptors (Lipinski definition) is 5. The van der Waals surface area contributed by atoms with Crippen molar-refractivity contribution in [1.82, 2.24) is 15.3 Å². The van der Waals surface area contributed by atoms with Gasteiger partial charge in [0.25, 0.3) is 5.91 Å². The molecule has 2 aromatic rings. The molecule has 0 aliphatic heterocycles. The van der Waals surface area contributed by atoms with E-state index in [1.54, 1.807) is 32.2 Å². The molecule has 6 nitrogen and oxygen atoms in total. The topological polar surface area (TPSA) is 76.1 Å². The number of methoxy groups -OCH3 is 1. The third-order valence-corrected chi connectivity index (χ3v) is 4.98. The molecule has 0 spiro atoms. The van der Waals surface area contributed by atoms with Crippen LogP contribution in [0.4, 0.5) is 11.5 Å². The number of halogens is 1. The van der Waals surface area contributed by atoms with E-state index in [-0.39, 0.29) is 11.9 Å². The highest BCUT2D eigenvalue weighted by Gasteiger charge is 2.17. The summed E-state index contributed by atoms with van der Waals surface area (Å²) >= 11 is 6.17. The Morgan fingerprint density at radius 1 is 1.15 bits per heavy atom. The molecule has 3 rings (SSSR count). The van der Waals surface area contributed by atoms with Crippen molar-refractivity contribution >= 4 is 29.0 Å². The summed E-state index contributed by atoms with van der Waals surface area (Å²) in [6.07, 6.45) is 6.89. The van der Waals surface area contributed by atoms with E-state index in [2.05, 4.69) is 20.6 Å². The number of aryl methyl sites for hydroxylation is 1. The summed E-state index contributed by atoms with van der Waals surface area (Å²) in [7, 11) is 1.57. The fraction of sp³-hybridized carbons (Fsp3) is 0.450. The maximum Gasteiger partial charge on any atom is 0.270 e. The van der Waals surface area contributed by atoms with Gasteiger partial charge >= 0.3 is 0 Å². The van der Waals surface area contributed by atoms with E-state index >= 15 is 0 Å². The van der Waals surface area contributed by atoms with E-state index < -0.39 is 0 Å². The van der Waals surface area contributed by atoms with Crippen molar-refractivity contribution in [3.63, 3.8) is 0 Å². The Bertz CT molecular complexity index is 805. The number of anilines is 2. The summed E-state index contributed by atoms with van der Waals surface area (Å²) in [6.45, 7) is 1.77. The van der Waals surface area contributed by atoms with Crippen molar-refractivity contribution in [3.05, 3.63) is 40.8 Å².